The first-order valence-electron chi connectivity index (χ1n) is 5.03. The van der Waals surface area contributed by atoms with Crippen LogP contribution < -0.4 is 0 Å². The normalized spacial score (nSPS) is 9.47. The van der Waals surface area contributed by atoms with Crippen molar-refractivity contribution in [3.63, 3.8) is 0 Å². The van der Waals surface area contributed by atoms with Crippen LogP contribution in [-0.4, -0.2) is 24.5 Å². The summed E-state index contributed by atoms with van der Waals surface area (Å²) < 4.78 is 9.10. The average Bonchev–Trinajstić information content (AvgIpc) is 2.29. The Bertz CT molecular complexity index is 410. The van der Waals surface area contributed by atoms with Crippen molar-refractivity contribution in [3.05, 3.63) is 35.9 Å². The molecule has 0 bridgehead atoms. The molecule has 1 aromatic carbocycles. The molecule has 0 aliphatic carbocycles. The smallest absolute Gasteiger partial charge is 0.338 e. The number of esters is 3. The van der Waals surface area contributed by atoms with Crippen LogP contribution in [0.3, 0.4) is 0 Å². The van der Waals surface area contributed by atoms with E-state index in [9.17, 15) is 14.4 Å². The number of carbonyl (C=O) groups excluding carboxylic acids is 3. The Morgan fingerprint density at radius 2 is 1.76 bits per heavy atom. The molecule has 0 spiro atoms. The molecule has 0 aliphatic heterocycles. The van der Waals surface area contributed by atoms with Gasteiger partial charge in [-0.25, -0.2) is 4.79 Å². The van der Waals surface area contributed by atoms with Gasteiger partial charge in [-0.3, -0.25) is 9.59 Å². The predicted octanol–water partition coefficient (Wildman–Crippen LogP) is 1.32. The van der Waals surface area contributed by atoms with Gasteiger partial charge in [0, 0.05) is 6.92 Å². The zero-order valence-corrected chi connectivity index (χ0v) is 9.34. The molecule has 0 aromatic heterocycles. The fourth-order valence-corrected chi connectivity index (χ4v) is 1.10. The highest BCUT2D eigenvalue weighted by Crippen LogP contribution is 2.01. The first kappa shape index (κ1) is 12.9. The maximum absolute atomic E-state index is 11.4. The maximum Gasteiger partial charge on any atom is 0.338 e. The topological polar surface area (TPSA) is 69.7 Å². The molecule has 0 fully saturated rings. The summed E-state index contributed by atoms with van der Waals surface area (Å²) in [5.41, 5.74) is 0.410. The zero-order chi connectivity index (χ0) is 12.7. The molecule has 0 amide bonds. The quantitative estimate of drug-likeness (QED) is 0.582. The second kappa shape index (κ2) is 6.42. The molecule has 0 unspecified atom stereocenters. The lowest BCUT2D eigenvalue weighted by molar-refractivity contribution is -0.158. The lowest BCUT2D eigenvalue weighted by Crippen LogP contribution is -2.14. The van der Waals surface area contributed by atoms with Gasteiger partial charge in [-0.1, -0.05) is 18.2 Å². The number of hydrogen-bond acceptors (Lipinski definition) is 5. The lowest BCUT2D eigenvalue weighted by atomic mass is 10.2. The lowest BCUT2D eigenvalue weighted by Gasteiger charge is -2.03. The van der Waals surface area contributed by atoms with E-state index >= 15 is 0 Å². The van der Waals surface area contributed by atoms with Crippen LogP contribution in [0.1, 0.15) is 23.7 Å². The monoisotopic (exact) mass is 236 g/mol. The summed E-state index contributed by atoms with van der Waals surface area (Å²) in [7, 11) is 0. The van der Waals surface area contributed by atoms with E-state index in [1.807, 2.05) is 0 Å². The summed E-state index contributed by atoms with van der Waals surface area (Å²) in [4.78, 5) is 32.8. The Kier molecular flexibility index (Phi) is 4.87. The van der Waals surface area contributed by atoms with E-state index in [2.05, 4.69) is 4.74 Å². The van der Waals surface area contributed by atoms with Gasteiger partial charge in [0.15, 0.2) is 0 Å². The van der Waals surface area contributed by atoms with Crippen LogP contribution in [-0.2, 0) is 19.1 Å². The van der Waals surface area contributed by atoms with Crippen LogP contribution in [0.2, 0.25) is 0 Å². The van der Waals surface area contributed by atoms with Crippen molar-refractivity contribution in [1.82, 2.24) is 0 Å². The molecule has 1 rings (SSSR count). The van der Waals surface area contributed by atoms with Gasteiger partial charge in [-0.15, -0.1) is 0 Å². The van der Waals surface area contributed by atoms with E-state index < -0.39 is 17.9 Å². The molecule has 0 atom stereocenters. The van der Waals surface area contributed by atoms with Crippen molar-refractivity contribution < 1.29 is 23.9 Å². The largest absolute Gasteiger partial charge is 0.461 e. The summed E-state index contributed by atoms with van der Waals surface area (Å²) in [6.07, 6.45) is -0.141. The Morgan fingerprint density at radius 3 is 2.35 bits per heavy atom. The number of benzene rings is 1. The summed E-state index contributed by atoms with van der Waals surface area (Å²) in [6, 6.07) is 8.41. The molecular formula is C12H12O5. The molecule has 0 aliphatic rings. The number of carbonyl (C=O) groups is 3. The minimum atomic E-state index is -0.710. The third kappa shape index (κ3) is 4.92. The van der Waals surface area contributed by atoms with Gasteiger partial charge in [-0.2, -0.15) is 0 Å². The van der Waals surface area contributed by atoms with Gasteiger partial charge < -0.3 is 9.47 Å². The van der Waals surface area contributed by atoms with Crippen LogP contribution in [0.15, 0.2) is 30.3 Å². The summed E-state index contributed by atoms with van der Waals surface area (Å²) in [5, 5.41) is 0. The standard InChI is InChI=1S/C12H12O5/c1-9(13)17-11(14)7-8-16-12(15)10-5-3-2-4-6-10/h2-6H,7-8H2,1H3. The second-order valence-corrected chi connectivity index (χ2v) is 3.22. The molecule has 5 heteroatoms. The highest BCUT2D eigenvalue weighted by atomic mass is 16.6. The molecular weight excluding hydrogens is 224 g/mol. The van der Waals surface area contributed by atoms with Crippen molar-refractivity contribution in [3.8, 4) is 0 Å². The van der Waals surface area contributed by atoms with E-state index in [1.54, 1.807) is 30.3 Å². The number of hydrogen-bond donors (Lipinski definition) is 0. The van der Waals surface area contributed by atoms with Gasteiger partial charge in [-0.05, 0) is 12.1 Å². The number of ether oxygens (including phenoxy) is 2. The van der Waals surface area contributed by atoms with Gasteiger partial charge in [0.05, 0.1) is 12.0 Å². The summed E-state index contributed by atoms with van der Waals surface area (Å²) >= 11 is 0. The second-order valence-electron chi connectivity index (χ2n) is 3.22. The van der Waals surface area contributed by atoms with Crippen molar-refractivity contribution >= 4 is 17.9 Å². The van der Waals surface area contributed by atoms with Crippen molar-refractivity contribution in [2.45, 2.75) is 13.3 Å². The van der Waals surface area contributed by atoms with Gasteiger partial charge in [0.2, 0.25) is 0 Å². The molecule has 0 heterocycles. The fraction of sp³-hybridized carbons (Fsp3) is 0.250. The van der Waals surface area contributed by atoms with Crippen LogP contribution >= 0.6 is 0 Å². The van der Waals surface area contributed by atoms with Crippen molar-refractivity contribution in [2.75, 3.05) is 6.61 Å². The third-order valence-electron chi connectivity index (χ3n) is 1.81. The van der Waals surface area contributed by atoms with Gasteiger partial charge in [0.25, 0.3) is 0 Å². The van der Waals surface area contributed by atoms with Crippen LogP contribution in [0.4, 0.5) is 0 Å². The van der Waals surface area contributed by atoms with Gasteiger partial charge in [0.1, 0.15) is 6.61 Å². The first-order valence-corrected chi connectivity index (χ1v) is 5.03. The molecule has 1 aromatic rings. The van der Waals surface area contributed by atoms with Gasteiger partial charge >= 0.3 is 17.9 Å². The number of rotatable bonds is 4. The highest BCUT2D eigenvalue weighted by molar-refractivity contribution is 5.89. The molecule has 0 radical (unpaired) electrons. The molecule has 17 heavy (non-hydrogen) atoms. The van der Waals surface area contributed by atoms with E-state index in [0.29, 0.717) is 5.56 Å². The third-order valence-corrected chi connectivity index (χ3v) is 1.81. The van der Waals surface area contributed by atoms with E-state index in [-0.39, 0.29) is 13.0 Å². The Morgan fingerprint density at radius 1 is 1.12 bits per heavy atom. The van der Waals surface area contributed by atoms with Crippen molar-refractivity contribution in [2.24, 2.45) is 0 Å². The Labute approximate surface area is 98.3 Å². The minimum absolute atomic E-state index is 0.111. The molecule has 0 saturated carbocycles. The van der Waals surface area contributed by atoms with E-state index in [1.165, 1.54) is 0 Å². The van der Waals surface area contributed by atoms with Crippen LogP contribution in [0.5, 0.6) is 0 Å². The first-order chi connectivity index (χ1) is 8.09. The SMILES string of the molecule is CC(=O)OC(=O)CCOC(=O)c1ccccc1. The summed E-state index contributed by atoms with van der Waals surface area (Å²) in [6.45, 7) is 1.02. The Balaban J connectivity index is 2.30. The minimum Gasteiger partial charge on any atom is -0.461 e. The molecule has 0 saturated heterocycles. The Hall–Kier alpha value is -2.17. The molecule has 0 N–H and O–H groups in total. The van der Waals surface area contributed by atoms with Crippen LogP contribution in [0, 0.1) is 0 Å². The zero-order valence-electron chi connectivity index (χ0n) is 9.34. The molecule has 90 valence electrons. The maximum atomic E-state index is 11.4. The highest BCUT2D eigenvalue weighted by Gasteiger charge is 2.09. The average molecular weight is 236 g/mol. The predicted molar refractivity (Wildman–Crippen MR) is 58.1 cm³/mol. The summed E-state index contributed by atoms with van der Waals surface area (Å²) in [5.74, 6) is -1.90. The van der Waals surface area contributed by atoms with Crippen LogP contribution in [0.25, 0.3) is 0 Å². The van der Waals surface area contributed by atoms with E-state index in [0.717, 1.165) is 6.92 Å². The van der Waals surface area contributed by atoms with E-state index in [4.69, 9.17) is 4.74 Å². The molecule has 5 nitrogen and oxygen atoms in total. The fourth-order valence-electron chi connectivity index (χ4n) is 1.10. The van der Waals surface area contributed by atoms with Crippen molar-refractivity contribution in [1.29, 1.82) is 0 Å².